The van der Waals surface area contributed by atoms with E-state index in [2.05, 4.69) is 388 Å². The summed E-state index contributed by atoms with van der Waals surface area (Å²) in [6.07, 6.45) is 0.994. The van der Waals surface area contributed by atoms with Gasteiger partial charge in [0.1, 0.15) is 0 Å². The molecule has 4 heteroatoms. The van der Waals surface area contributed by atoms with Crippen LogP contribution in [0.1, 0.15) is 63.1 Å². The summed E-state index contributed by atoms with van der Waals surface area (Å²) in [5.74, 6) is 0. The van der Waals surface area contributed by atoms with Crippen LogP contribution in [0.25, 0.3) is 55.0 Å². The Kier molecular flexibility index (Phi) is 15.2. The first-order chi connectivity index (χ1) is 45.1. The number of benzene rings is 14. The van der Waals surface area contributed by atoms with Crippen molar-refractivity contribution in [3.63, 3.8) is 0 Å². The number of nitrogens with zero attached hydrogens (tertiary/aromatic N) is 3. The molecule has 3 nitrogen and oxygen atoms in total. The molecule has 1 aliphatic heterocycles. The molecule has 0 fully saturated rings. The van der Waals surface area contributed by atoms with Crippen molar-refractivity contribution in [3.05, 3.63) is 424 Å². The molecule has 18 rings (SSSR count). The molecule has 0 spiro atoms. The second-order valence-electron chi connectivity index (χ2n) is 23.6. The summed E-state index contributed by atoms with van der Waals surface area (Å²) in [4.78, 5) is 2.46. The van der Waals surface area contributed by atoms with Gasteiger partial charge in [-0.1, -0.05) is 302 Å². The van der Waals surface area contributed by atoms with Gasteiger partial charge in [0, 0.05) is 43.1 Å². The Morgan fingerprint density at radius 2 is 0.565 bits per heavy atom. The summed E-state index contributed by atoms with van der Waals surface area (Å²) in [6.45, 7) is 0. The highest BCUT2D eigenvalue weighted by Crippen LogP contribution is 2.58. The molecular weight excluding hydrogens is 1180 g/mol. The summed E-state index contributed by atoms with van der Waals surface area (Å²) >= 11 is 3.57. The van der Waals surface area contributed by atoms with Crippen LogP contribution >= 0.6 is 15.9 Å². The Morgan fingerprint density at radius 1 is 0.250 bits per heavy atom. The van der Waals surface area contributed by atoms with Crippen molar-refractivity contribution in [1.82, 2.24) is 9.13 Å². The number of aromatic nitrogens is 2. The largest absolute Gasteiger partial charge is 0.310 e. The minimum Gasteiger partial charge on any atom is -0.310 e. The first kappa shape index (κ1) is 57.4. The lowest BCUT2D eigenvalue weighted by molar-refractivity contribution is 0.703. The number of fused-ring (bicyclic) bond motifs is 10. The predicted molar refractivity (Wildman–Crippen MR) is 390 cm³/mol. The van der Waals surface area contributed by atoms with Gasteiger partial charge in [-0.3, -0.25) is 0 Å². The second-order valence-corrected chi connectivity index (χ2v) is 24.5. The van der Waals surface area contributed by atoms with Crippen LogP contribution in [-0.2, 0) is 17.3 Å². The van der Waals surface area contributed by atoms with Crippen molar-refractivity contribution in [2.75, 3.05) is 4.90 Å². The summed E-state index contributed by atoms with van der Waals surface area (Å²) in [5.41, 5.74) is 23.4. The second kappa shape index (κ2) is 24.4. The molecule has 0 N–H and O–H groups in total. The van der Waals surface area contributed by atoms with Gasteiger partial charge >= 0.3 is 0 Å². The first-order valence-corrected chi connectivity index (χ1v) is 32.1. The van der Waals surface area contributed by atoms with E-state index in [1.165, 1.54) is 122 Å². The number of anilines is 3. The normalized spacial score (nSPS) is 13.1. The topological polar surface area (TPSA) is 13.1 Å². The fourth-order valence-electron chi connectivity index (χ4n) is 15.0. The maximum atomic E-state index is 3.57. The van der Waals surface area contributed by atoms with E-state index < -0.39 is 5.41 Å². The molecule has 0 amide bonds. The van der Waals surface area contributed by atoms with Gasteiger partial charge in [0.2, 0.25) is 0 Å². The Hall–Kier alpha value is -11.0. The van der Waals surface area contributed by atoms with Gasteiger partial charge in [0.05, 0.1) is 44.3 Å². The third-order valence-corrected chi connectivity index (χ3v) is 19.2. The van der Waals surface area contributed by atoms with Gasteiger partial charge in [0.15, 0.2) is 0 Å². The Balaban J connectivity index is 0.000000126. The SMILES string of the molecule is Brc1ccc2c(c1)c1ccccc1n2-c1ccccc1.C.c1ccc(-n2c3ccccc3c3cc(N4c5ccccc5C(c5ccccc5)(c5ccccc5)c5ccccc54)ccc32)cc1.c1ccc(C2(c3ccccc3)c3ccccc3Cc3ccccc32)cc1. The molecule has 0 saturated heterocycles. The molecule has 2 aromatic heterocycles. The lowest BCUT2D eigenvalue weighted by atomic mass is 9.60. The van der Waals surface area contributed by atoms with Crippen LogP contribution in [-0.4, -0.2) is 9.13 Å². The zero-order chi connectivity index (χ0) is 60.7. The predicted octanol–water partition coefficient (Wildman–Crippen LogP) is 23.1. The molecule has 92 heavy (non-hydrogen) atoms. The van der Waals surface area contributed by atoms with Crippen molar-refractivity contribution in [1.29, 1.82) is 0 Å². The standard InChI is InChI=1S/C43H30N2.C26H20.C18H12BrN.CH4/c1-4-16-31(17-5-1)43(32-18-6-2-7-19-32)37-23-11-14-26-41(37)45(42-27-15-12-24-38(42)43)34-28-29-40-36(30-34)35-22-10-13-25-39(35)44(40)33-20-8-3-9-21-33;1-3-13-22(14-4-1)26(23-15-5-2-6-16-23)24-17-9-7-11-20(24)19-21-12-8-10-18-25(21)26;19-13-10-11-18-16(12-13)15-8-4-5-9-17(15)20(18)14-6-2-1-3-7-14;/h1-30H;1-18H,19H2;1-12H;1H4. The number of para-hydroxylation sites is 6. The van der Waals surface area contributed by atoms with Crippen molar-refractivity contribution in [3.8, 4) is 11.4 Å². The smallest absolute Gasteiger partial charge is 0.0742 e. The summed E-state index contributed by atoms with van der Waals surface area (Å²) in [5, 5.41) is 5.05. The molecule has 2 aliphatic rings. The maximum Gasteiger partial charge on any atom is 0.0742 e. The minimum absolute atomic E-state index is 0. The van der Waals surface area contributed by atoms with Crippen molar-refractivity contribution >= 4 is 76.6 Å². The molecule has 440 valence electrons. The van der Waals surface area contributed by atoms with Gasteiger partial charge in [0.25, 0.3) is 0 Å². The van der Waals surface area contributed by atoms with E-state index >= 15 is 0 Å². The van der Waals surface area contributed by atoms with Gasteiger partial charge in [-0.25, -0.2) is 0 Å². The molecule has 0 radical (unpaired) electrons. The zero-order valence-corrected chi connectivity index (χ0v) is 51.7. The van der Waals surface area contributed by atoms with E-state index in [0.29, 0.717) is 0 Å². The first-order valence-electron chi connectivity index (χ1n) is 31.3. The number of hydrogen-bond donors (Lipinski definition) is 0. The van der Waals surface area contributed by atoms with Crippen LogP contribution in [0.2, 0.25) is 0 Å². The van der Waals surface area contributed by atoms with Crippen LogP contribution in [0.15, 0.2) is 368 Å². The highest BCUT2D eigenvalue weighted by molar-refractivity contribution is 9.10. The Bertz CT molecular complexity index is 5090. The minimum atomic E-state index is -0.473. The fraction of sp³-hybridized carbons (Fsp3) is 0.0455. The third-order valence-electron chi connectivity index (χ3n) is 18.7. The van der Waals surface area contributed by atoms with E-state index in [9.17, 15) is 0 Å². The molecule has 14 aromatic carbocycles. The van der Waals surface area contributed by atoms with E-state index in [1.54, 1.807) is 0 Å². The molecular formula is C88H66BrN3. The van der Waals surface area contributed by atoms with Gasteiger partial charge in [-0.2, -0.15) is 0 Å². The summed E-state index contributed by atoms with van der Waals surface area (Å²) in [6, 6.07) is 131. The number of hydrogen-bond acceptors (Lipinski definition) is 1. The van der Waals surface area contributed by atoms with Crippen molar-refractivity contribution < 1.29 is 0 Å². The number of rotatable bonds is 7. The van der Waals surface area contributed by atoms with E-state index in [1.807, 2.05) is 6.07 Å². The fourth-order valence-corrected chi connectivity index (χ4v) is 15.4. The Labute approximate surface area is 547 Å². The maximum absolute atomic E-state index is 3.57. The molecule has 3 heterocycles. The van der Waals surface area contributed by atoms with Crippen molar-refractivity contribution in [2.24, 2.45) is 0 Å². The van der Waals surface area contributed by atoms with Crippen LogP contribution in [0.3, 0.4) is 0 Å². The molecule has 0 unspecified atom stereocenters. The summed E-state index contributed by atoms with van der Waals surface area (Å²) < 4.78 is 5.81. The highest BCUT2D eigenvalue weighted by atomic mass is 79.9. The molecule has 0 saturated carbocycles. The third kappa shape index (κ3) is 9.48. The van der Waals surface area contributed by atoms with Gasteiger partial charge < -0.3 is 14.0 Å². The van der Waals surface area contributed by atoms with E-state index in [4.69, 9.17) is 0 Å². The highest BCUT2D eigenvalue weighted by Gasteiger charge is 2.47. The Morgan fingerprint density at radius 3 is 1.00 bits per heavy atom. The van der Waals surface area contributed by atoms with Gasteiger partial charge in [-0.05, 0) is 147 Å². The summed E-state index contributed by atoms with van der Waals surface area (Å²) in [7, 11) is 0. The van der Waals surface area contributed by atoms with Crippen LogP contribution in [0.4, 0.5) is 17.1 Å². The van der Waals surface area contributed by atoms with E-state index in [-0.39, 0.29) is 12.8 Å². The van der Waals surface area contributed by atoms with Crippen molar-refractivity contribution in [2.45, 2.75) is 24.7 Å². The van der Waals surface area contributed by atoms with Gasteiger partial charge in [-0.15, -0.1) is 0 Å². The van der Waals surface area contributed by atoms with Crippen LogP contribution in [0.5, 0.6) is 0 Å². The molecule has 0 bridgehead atoms. The average molecular weight is 1250 g/mol. The number of halogens is 1. The quantitative estimate of drug-likeness (QED) is 0.155. The van der Waals surface area contributed by atoms with Crippen LogP contribution in [0, 0.1) is 0 Å². The van der Waals surface area contributed by atoms with Crippen LogP contribution < -0.4 is 4.90 Å². The monoisotopic (exact) mass is 1240 g/mol. The molecule has 16 aromatic rings. The zero-order valence-electron chi connectivity index (χ0n) is 50.1. The van der Waals surface area contributed by atoms with E-state index in [0.717, 1.165) is 16.6 Å². The lowest BCUT2D eigenvalue weighted by Crippen LogP contribution is -2.37. The molecule has 1 aliphatic carbocycles. The average Bonchev–Trinajstić information content (AvgIpc) is 1.15. The molecule has 0 atom stereocenters. The lowest BCUT2D eigenvalue weighted by Gasteiger charge is -2.46.